The summed E-state index contributed by atoms with van der Waals surface area (Å²) in [5, 5.41) is 8.93. The lowest BCUT2D eigenvalue weighted by molar-refractivity contribution is 0.0757. The Morgan fingerprint density at radius 3 is 2.50 bits per heavy atom. The zero-order chi connectivity index (χ0) is 18.8. The van der Waals surface area contributed by atoms with Gasteiger partial charge in [-0.3, -0.25) is 4.79 Å². The second-order valence-corrected chi connectivity index (χ2v) is 6.18. The Bertz CT molecular complexity index is 778. The first-order valence-electron chi connectivity index (χ1n) is 8.68. The average molecular weight is 348 g/mol. The first kappa shape index (κ1) is 19.3. The Morgan fingerprint density at radius 2 is 1.81 bits per heavy atom. The molecule has 26 heavy (non-hydrogen) atoms. The number of rotatable bonds is 9. The molecule has 4 heteroatoms. The minimum Gasteiger partial charge on any atom is -0.488 e. The lowest BCUT2D eigenvalue weighted by atomic mass is 10.1. The van der Waals surface area contributed by atoms with Crippen molar-refractivity contribution >= 4 is 5.91 Å². The third-order valence-corrected chi connectivity index (χ3v) is 3.89. The highest BCUT2D eigenvalue weighted by Crippen LogP contribution is 2.21. The number of ether oxygens (including phenoxy) is 1. The van der Waals surface area contributed by atoms with E-state index in [-0.39, 0.29) is 5.91 Å². The molecule has 2 aromatic carbocycles. The Balaban J connectivity index is 2.15. The third-order valence-electron chi connectivity index (χ3n) is 3.89. The molecular weight excluding hydrogens is 324 g/mol. The average Bonchev–Trinajstić information content (AvgIpc) is 2.67. The van der Waals surface area contributed by atoms with Crippen LogP contribution in [0.4, 0.5) is 0 Å². The first-order valence-corrected chi connectivity index (χ1v) is 8.68. The second-order valence-electron chi connectivity index (χ2n) is 6.18. The maximum absolute atomic E-state index is 13.1. The van der Waals surface area contributed by atoms with Gasteiger partial charge < -0.3 is 9.64 Å². The molecule has 1 amide bonds. The summed E-state index contributed by atoms with van der Waals surface area (Å²) < 4.78 is 5.73. The van der Waals surface area contributed by atoms with E-state index in [4.69, 9.17) is 10.00 Å². The number of hydrogen-bond donors (Lipinski definition) is 0. The molecule has 0 aliphatic carbocycles. The Kier molecular flexibility index (Phi) is 7.45. The highest BCUT2D eigenvalue weighted by Gasteiger charge is 2.19. The quantitative estimate of drug-likeness (QED) is 0.637. The largest absolute Gasteiger partial charge is 0.488 e. The van der Waals surface area contributed by atoms with Gasteiger partial charge in [-0.2, -0.15) is 5.26 Å². The van der Waals surface area contributed by atoms with E-state index in [1.807, 2.05) is 49.4 Å². The molecule has 0 heterocycles. The van der Waals surface area contributed by atoms with E-state index in [1.54, 1.807) is 17.0 Å². The van der Waals surface area contributed by atoms with Crippen LogP contribution in [0, 0.1) is 11.3 Å². The molecule has 0 aliphatic rings. The molecule has 0 saturated carbocycles. The monoisotopic (exact) mass is 348 g/mol. The molecule has 0 atom stereocenters. The molecule has 4 nitrogen and oxygen atoms in total. The van der Waals surface area contributed by atoms with Crippen molar-refractivity contribution < 1.29 is 9.53 Å². The zero-order valence-electron chi connectivity index (χ0n) is 15.1. The highest BCUT2D eigenvalue weighted by molar-refractivity contribution is 5.97. The van der Waals surface area contributed by atoms with E-state index in [1.165, 1.54) is 0 Å². The van der Waals surface area contributed by atoms with Crippen LogP contribution >= 0.6 is 0 Å². The van der Waals surface area contributed by atoms with Crippen LogP contribution in [0.1, 0.15) is 29.3 Å². The van der Waals surface area contributed by atoms with Crippen molar-refractivity contribution in [1.82, 2.24) is 4.90 Å². The molecule has 0 unspecified atom stereocenters. The van der Waals surface area contributed by atoms with Crippen molar-refractivity contribution in [3.63, 3.8) is 0 Å². The summed E-state index contributed by atoms with van der Waals surface area (Å²) in [6.45, 7) is 7.03. The SMILES string of the molecule is C=C(C)COc1ccccc1C(=O)N(CCC#N)CCc1ccccc1. The third kappa shape index (κ3) is 5.78. The molecule has 0 aliphatic heterocycles. The van der Waals surface area contributed by atoms with Gasteiger partial charge in [-0.15, -0.1) is 0 Å². The number of nitrogens with zero attached hydrogens (tertiary/aromatic N) is 2. The molecule has 134 valence electrons. The van der Waals surface area contributed by atoms with Crippen LogP contribution < -0.4 is 4.74 Å². The number of amides is 1. The van der Waals surface area contributed by atoms with Crippen molar-refractivity contribution in [2.24, 2.45) is 0 Å². The molecule has 2 aromatic rings. The molecule has 0 spiro atoms. The van der Waals surface area contributed by atoms with Crippen molar-refractivity contribution in [3.8, 4) is 11.8 Å². The first-order chi connectivity index (χ1) is 12.6. The summed E-state index contributed by atoms with van der Waals surface area (Å²) in [6, 6.07) is 19.3. The van der Waals surface area contributed by atoms with Crippen molar-refractivity contribution in [2.75, 3.05) is 19.7 Å². The molecule has 0 N–H and O–H groups in total. The maximum Gasteiger partial charge on any atom is 0.257 e. The maximum atomic E-state index is 13.1. The number of carbonyl (C=O) groups excluding carboxylic acids is 1. The summed E-state index contributed by atoms with van der Waals surface area (Å²) in [5.74, 6) is 0.427. The summed E-state index contributed by atoms with van der Waals surface area (Å²) in [4.78, 5) is 14.8. The van der Waals surface area contributed by atoms with Crippen LogP contribution in [0.3, 0.4) is 0 Å². The lowest BCUT2D eigenvalue weighted by Crippen LogP contribution is -2.34. The van der Waals surface area contributed by atoms with E-state index < -0.39 is 0 Å². The Labute approximate surface area is 155 Å². The predicted octanol–water partition coefficient (Wildman–Crippen LogP) is 4.24. The number of hydrogen-bond acceptors (Lipinski definition) is 3. The van der Waals surface area contributed by atoms with Crippen molar-refractivity contribution in [1.29, 1.82) is 5.26 Å². The van der Waals surface area contributed by atoms with Crippen LogP contribution in [0.5, 0.6) is 5.75 Å². The topological polar surface area (TPSA) is 53.3 Å². The Hall–Kier alpha value is -3.06. The van der Waals surface area contributed by atoms with Gasteiger partial charge in [0.1, 0.15) is 12.4 Å². The molecule has 0 radical (unpaired) electrons. The van der Waals surface area contributed by atoms with Gasteiger partial charge in [-0.25, -0.2) is 0 Å². The fourth-order valence-electron chi connectivity index (χ4n) is 2.55. The molecule has 0 bridgehead atoms. The summed E-state index contributed by atoms with van der Waals surface area (Å²) in [5.41, 5.74) is 2.56. The van der Waals surface area contributed by atoms with Crippen LogP contribution in [0.2, 0.25) is 0 Å². The van der Waals surface area contributed by atoms with Gasteiger partial charge in [-0.05, 0) is 36.6 Å². The van der Waals surface area contributed by atoms with Crippen molar-refractivity contribution in [3.05, 3.63) is 77.9 Å². The Morgan fingerprint density at radius 1 is 1.12 bits per heavy atom. The van der Waals surface area contributed by atoms with Gasteiger partial charge in [-0.1, -0.05) is 49.0 Å². The molecular formula is C22H24N2O2. The van der Waals surface area contributed by atoms with E-state index in [0.717, 1.165) is 17.6 Å². The van der Waals surface area contributed by atoms with Crippen LogP contribution in [0.15, 0.2) is 66.7 Å². The van der Waals surface area contributed by atoms with Gasteiger partial charge in [0, 0.05) is 13.1 Å². The van der Waals surface area contributed by atoms with Crippen LogP contribution in [-0.2, 0) is 6.42 Å². The molecule has 0 fully saturated rings. The minimum atomic E-state index is -0.117. The summed E-state index contributed by atoms with van der Waals surface area (Å²) in [7, 11) is 0. The van der Waals surface area contributed by atoms with Crippen LogP contribution in [-0.4, -0.2) is 30.5 Å². The van der Waals surface area contributed by atoms with Gasteiger partial charge in [0.25, 0.3) is 5.91 Å². The second kappa shape index (κ2) is 10.0. The number of carbonyl (C=O) groups is 1. The number of benzene rings is 2. The van der Waals surface area contributed by atoms with Gasteiger partial charge in [0.05, 0.1) is 18.1 Å². The van der Waals surface area contributed by atoms with Crippen LogP contribution in [0.25, 0.3) is 0 Å². The standard InChI is InChI=1S/C22H24N2O2/c1-18(2)17-26-21-12-7-6-11-20(21)22(25)24(15-8-14-23)16-13-19-9-4-3-5-10-19/h3-7,9-12H,1,8,13,15-17H2,2H3. The highest BCUT2D eigenvalue weighted by atomic mass is 16.5. The fourth-order valence-corrected chi connectivity index (χ4v) is 2.55. The van der Waals surface area contributed by atoms with E-state index in [2.05, 4.69) is 12.6 Å². The normalized spacial score (nSPS) is 10.0. The molecule has 0 saturated heterocycles. The van der Waals surface area contributed by atoms with E-state index >= 15 is 0 Å². The zero-order valence-corrected chi connectivity index (χ0v) is 15.1. The lowest BCUT2D eigenvalue weighted by Gasteiger charge is -2.23. The predicted molar refractivity (Wildman–Crippen MR) is 103 cm³/mol. The number of para-hydroxylation sites is 1. The van der Waals surface area contributed by atoms with Crippen molar-refractivity contribution in [2.45, 2.75) is 19.8 Å². The minimum absolute atomic E-state index is 0.117. The summed E-state index contributed by atoms with van der Waals surface area (Å²) in [6.07, 6.45) is 1.04. The molecule has 0 aromatic heterocycles. The van der Waals surface area contributed by atoms with E-state index in [9.17, 15) is 4.79 Å². The summed E-state index contributed by atoms with van der Waals surface area (Å²) >= 11 is 0. The molecule has 2 rings (SSSR count). The van der Waals surface area contributed by atoms with Gasteiger partial charge in [0.2, 0.25) is 0 Å². The number of nitriles is 1. The fraction of sp³-hybridized carbons (Fsp3) is 0.273. The van der Waals surface area contributed by atoms with Gasteiger partial charge in [0.15, 0.2) is 0 Å². The van der Waals surface area contributed by atoms with Gasteiger partial charge >= 0.3 is 0 Å². The van der Waals surface area contributed by atoms with E-state index in [0.29, 0.717) is 37.4 Å². The smallest absolute Gasteiger partial charge is 0.257 e.